The maximum Gasteiger partial charge on any atom is 0.328 e. The molecule has 0 saturated heterocycles. The van der Waals surface area contributed by atoms with Crippen LogP contribution >= 0.6 is 11.6 Å². The molecule has 5 heteroatoms. The van der Waals surface area contributed by atoms with Gasteiger partial charge in [-0.15, -0.1) is 0 Å². The third-order valence-electron chi connectivity index (χ3n) is 2.12. The zero-order valence-electron chi connectivity index (χ0n) is 10.1. The Balaban J connectivity index is 2.59. The molecule has 0 aliphatic heterocycles. The van der Waals surface area contributed by atoms with Gasteiger partial charge in [-0.2, -0.15) is 0 Å². The van der Waals surface area contributed by atoms with Crippen LogP contribution in [-0.2, 0) is 9.53 Å². The van der Waals surface area contributed by atoms with E-state index in [0.717, 1.165) is 12.5 Å². The Bertz CT molecular complexity index is 429. The number of aliphatic carboxylic acids is 1. The summed E-state index contributed by atoms with van der Waals surface area (Å²) >= 11 is 6.02. The fourth-order valence-electron chi connectivity index (χ4n) is 1.29. The number of ether oxygens (including phenoxy) is 2. The van der Waals surface area contributed by atoms with Crippen LogP contribution in [0.2, 0.25) is 5.02 Å². The largest absolute Gasteiger partial charge is 0.492 e. The molecule has 0 spiro atoms. The number of rotatable bonds is 7. The average Bonchev–Trinajstić information content (AvgIpc) is 2.34. The van der Waals surface area contributed by atoms with Crippen LogP contribution in [-0.4, -0.2) is 31.4 Å². The summed E-state index contributed by atoms with van der Waals surface area (Å²) in [6.45, 7) is 1.16. The first-order chi connectivity index (χ1) is 8.63. The van der Waals surface area contributed by atoms with Crippen molar-refractivity contribution in [3.63, 3.8) is 0 Å². The van der Waals surface area contributed by atoms with E-state index in [1.165, 1.54) is 6.08 Å². The van der Waals surface area contributed by atoms with E-state index in [-0.39, 0.29) is 0 Å². The summed E-state index contributed by atoms with van der Waals surface area (Å²) in [7, 11) is 1.64. The van der Waals surface area contributed by atoms with Crippen LogP contribution in [0.25, 0.3) is 6.08 Å². The van der Waals surface area contributed by atoms with Crippen LogP contribution in [0, 0.1) is 0 Å². The molecule has 0 heterocycles. The minimum atomic E-state index is -0.994. The topological polar surface area (TPSA) is 55.8 Å². The lowest BCUT2D eigenvalue weighted by molar-refractivity contribution is -0.131. The van der Waals surface area contributed by atoms with Gasteiger partial charge < -0.3 is 14.6 Å². The van der Waals surface area contributed by atoms with Gasteiger partial charge in [0.05, 0.1) is 11.6 Å². The SMILES string of the molecule is COCCCOc1ccc(C=CC(=O)O)cc1Cl. The lowest BCUT2D eigenvalue weighted by Crippen LogP contribution is -2.01. The molecule has 0 atom stereocenters. The number of hydrogen-bond acceptors (Lipinski definition) is 3. The second-order valence-corrected chi connectivity index (χ2v) is 3.96. The normalized spacial score (nSPS) is 10.8. The molecule has 0 radical (unpaired) electrons. The van der Waals surface area contributed by atoms with Gasteiger partial charge in [-0.1, -0.05) is 17.7 Å². The maximum absolute atomic E-state index is 10.4. The van der Waals surface area contributed by atoms with E-state index in [2.05, 4.69) is 0 Å². The second-order valence-electron chi connectivity index (χ2n) is 3.56. The Kier molecular flexibility index (Phi) is 6.25. The molecule has 1 aromatic rings. The van der Waals surface area contributed by atoms with Crippen molar-refractivity contribution in [1.82, 2.24) is 0 Å². The van der Waals surface area contributed by atoms with E-state index < -0.39 is 5.97 Å². The highest BCUT2D eigenvalue weighted by molar-refractivity contribution is 6.32. The Labute approximate surface area is 111 Å². The molecule has 0 amide bonds. The van der Waals surface area contributed by atoms with Crippen LogP contribution in [0.3, 0.4) is 0 Å². The summed E-state index contributed by atoms with van der Waals surface area (Å²) in [5.41, 5.74) is 0.714. The summed E-state index contributed by atoms with van der Waals surface area (Å²) in [5.74, 6) is -0.411. The van der Waals surface area contributed by atoms with Crippen molar-refractivity contribution in [2.24, 2.45) is 0 Å². The molecule has 1 rings (SSSR count). The van der Waals surface area contributed by atoms with Gasteiger partial charge in [-0.3, -0.25) is 0 Å². The van der Waals surface area contributed by atoms with E-state index in [4.69, 9.17) is 26.2 Å². The van der Waals surface area contributed by atoms with Crippen molar-refractivity contribution in [3.8, 4) is 5.75 Å². The van der Waals surface area contributed by atoms with Gasteiger partial charge in [0.1, 0.15) is 5.75 Å². The van der Waals surface area contributed by atoms with Crippen molar-refractivity contribution in [3.05, 3.63) is 34.9 Å². The predicted octanol–water partition coefficient (Wildman–Crippen LogP) is 2.85. The van der Waals surface area contributed by atoms with Gasteiger partial charge >= 0.3 is 5.97 Å². The zero-order chi connectivity index (χ0) is 13.4. The monoisotopic (exact) mass is 270 g/mol. The van der Waals surface area contributed by atoms with E-state index in [1.807, 2.05) is 0 Å². The second kappa shape index (κ2) is 7.74. The van der Waals surface area contributed by atoms with Crippen LogP contribution in [0.1, 0.15) is 12.0 Å². The number of carboxylic acids is 1. The highest BCUT2D eigenvalue weighted by Gasteiger charge is 2.02. The molecule has 0 aromatic heterocycles. The molecule has 0 aliphatic carbocycles. The Hall–Kier alpha value is -1.52. The van der Waals surface area contributed by atoms with Gasteiger partial charge in [0, 0.05) is 26.2 Å². The lowest BCUT2D eigenvalue weighted by atomic mass is 10.2. The lowest BCUT2D eigenvalue weighted by Gasteiger charge is -2.08. The van der Waals surface area contributed by atoms with Crippen LogP contribution in [0.15, 0.2) is 24.3 Å². The number of benzene rings is 1. The van der Waals surface area contributed by atoms with E-state index in [9.17, 15) is 4.79 Å². The number of carbonyl (C=O) groups is 1. The molecular weight excluding hydrogens is 256 g/mol. The molecule has 1 aromatic carbocycles. The first kappa shape index (κ1) is 14.5. The Morgan fingerprint density at radius 1 is 1.44 bits per heavy atom. The van der Waals surface area contributed by atoms with Crippen LogP contribution in [0.5, 0.6) is 5.75 Å². The molecule has 4 nitrogen and oxygen atoms in total. The molecule has 98 valence electrons. The third-order valence-corrected chi connectivity index (χ3v) is 2.42. The molecule has 0 unspecified atom stereocenters. The van der Waals surface area contributed by atoms with Gasteiger partial charge in [-0.25, -0.2) is 4.79 Å². The van der Waals surface area contributed by atoms with E-state index in [1.54, 1.807) is 25.3 Å². The summed E-state index contributed by atoms with van der Waals surface area (Å²) < 4.78 is 10.4. The number of hydrogen-bond donors (Lipinski definition) is 1. The Morgan fingerprint density at radius 2 is 2.22 bits per heavy atom. The van der Waals surface area contributed by atoms with Crippen molar-refractivity contribution in [2.75, 3.05) is 20.3 Å². The molecule has 0 bridgehead atoms. The molecule has 0 fully saturated rings. The van der Waals surface area contributed by atoms with Crippen molar-refractivity contribution >= 4 is 23.6 Å². The minimum absolute atomic E-state index is 0.458. The first-order valence-electron chi connectivity index (χ1n) is 5.46. The molecule has 1 N–H and O–H groups in total. The van der Waals surface area contributed by atoms with E-state index in [0.29, 0.717) is 29.5 Å². The van der Waals surface area contributed by atoms with Crippen molar-refractivity contribution in [2.45, 2.75) is 6.42 Å². The maximum atomic E-state index is 10.4. The van der Waals surface area contributed by atoms with Crippen LogP contribution < -0.4 is 4.74 Å². The minimum Gasteiger partial charge on any atom is -0.492 e. The summed E-state index contributed by atoms with van der Waals surface area (Å²) in [5, 5.41) is 8.97. The molecule has 0 aliphatic rings. The summed E-state index contributed by atoms with van der Waals surface area (Å²) in [6, 6.07) is 5.13. The fraction of sp³-hybridized carbons (Fsp3) is 0.308. The van der Waals surface area contributed by atoms with Crippen molar-refractivity contribution < 1.29 is 19.4 Å². The molecular formula is C13H15ClO4. The van der Waals surface area contributed by atoms with Gasteiger partial charge in [-0.05, 0) is 23.8 Å². The number of carboxylic acid groups (broad SMARTS) is 1. The quantitative estimate of drug-likeness (QED) is 0.611. The summed E-state index contributed by atoms with van der Waals surface area (Å²) in [4.78, 5) is 10.4. The van der Waals surface area contributed by atoms with E-state index >= 15 is 0 Å². The third kappa shape index (κ3) is 5.21. The average molecular weight is 271 g/mol. The zero-order valence-corrected chi connectivity index (χ0v) is 10.8. The fourth-order valence-corrected chi connectivity index (χ4v) is 1.53. The Morgan fingerprint density at radius 3 is 2.83 bits per heavy atom. The molecule has 18 heavy (non-hydrogen) atoms. The molecule has 0 saturated carbocycles. The smallest absolute Gasteiger partial charge is 0.328 e. The van der Waals surface area contributed by atoms with Gasteiger partial charge in [0.25, 0.3) is 0 Å². The van der Waals surface area contributed by atoms with Gasteiger partial charge in [0.15, 0.2) is 0 Å². The highest BCUT2D eigenvalue weighted by atomic mass is 35.5. The number of methoxy groups -OCH3 is 1. The predicted molar refractivity (Wildman–Crippen MR) is 70.1 cm³/mol. The standard InChI is InChI=1S/C13H15ClO4/c1-17-7-2-8-18-12-5-3-10(9-11(12)14)4-6-13(15)16/h3-6,9H,2,7-8H2,1H3,(H,15,16). The van der Waals surface area contributed by atoms with Gasteiger partial charge in [0.2, 0.25) is 0 Å². The van der Waals surface area contributed by atoms with Crippen LogP contribution in [0.4, 0.5) is 0 Å². The highest BCUT2D eigenvalue weighted by Crippen LogP contribution is 2.26. The summed E-state index contributed by atoms with van der Waals surface area (Å²) in [6.07, 6.45) is 3.32. The van der Waals surface area contributed by atoms with Crippen molar-refractivity contribution in [1.29, 1.82) is 0 Å². The number of halogens is 1. The first-order valence-corrected chi connectivity index (χ1v) is 5.83.